The number of para-hydroxylation sites is 1. The molecule has 5 aromatic rings. The fourth-order valence-electron chi connectivity index (χ4n) is 9.66. The molecule has 8 rings (SSSR count). The van der Waals surface area contributed by atoms with Crippen molar-refractivity contribution in [2.45, 2.75) is 117 Å². The van der Waals surface area contributed by atoms with E-state index >= 15 is 0 Å². The van der Waals surface area contributed by atoms with Gasteiger partial charge in [-0.3, -0.25) is 14.4 Å². The van der Waals surface area contributed by atoms with E-state index in [0.29, 0.717) is 48.6 Å². The number of aryl methyl sites for hydroxylation is 2. The van der Waals surface area contributed by atoms with Crippen molar-refractivity contribution in [2.75, 3.05) is 28.7 Å². The van der Waals surface area contributed by atoms with Gasteiger partial charge in [0.15, 0.2) is 5.82 Å². The van der Waals surface area contributed by atoms with Crippen LogP contribution in [0.1, 0.15) is 112 Å². The number of benzene rings is 3. The Kier molecular flexibility index (Phi) is 13.5. The topological polar surface area (TPSA) is 144 Å². The van der Waals surface area contributed by atoms with Crippen LogP contribution in [-0.2, 0) is 16.0 Å². The fourth-order valence-corrected chi connectivity index (χ4v) is 10.5. The number of anilines is 5. The third kappa shape index (κ3) is 10.0. The Labute approximate surface area is 387 Å². The highest BCUT2D eigenvalue weighted by atomic mass is 32.1. The summed E-state index contributed by atoms with van der Waals surface area (Å²) in [5.41, 5.74) is 9.44. The number of carbonyl (C=O) groups excluding carboxylic acids is 3. The van der Waals surface area contributed by atoms with Crippen LogP contribution in [0.5, 0.6) is 0 Å². The van der Waals surface area contributed by atoms with Crippen molar-refractivity contribution in [2.24, 2.45) is 11.3 Å². The number of aliphatic hydroxyl groups excluding tert-OH is 1. The number of ketones is 1. The summed E-state index contributed by atoms with van der Waals surface area (Å²) in [6.07, 6.45) is 7.66. The molecule has 2 fully saturated rings. The highest BCUT2D eigenvalue weighted by Gasteiger charge is 2.43. The summed E-state index contributed by atoms with van der Waals surface area (Å²) >= 11 is 1.63. The lowest BCUT2D eigenvalue weighted by atomic mass is 9.76. The molecule has 2 aromatic heterocycles. The SMILES string of the molecule is C=C(N[C@@H](C)c1ccc(-c2scnc2C)cc1)[C@@H]1C[C@@H](O)CN1C(=O)[C@@H](CC(=O)CCCc1ccc(Nc2ncc3c(n2)N(C2CCCC2)c2ccccc2C(=O)N3C)cc1)C(C)(C)C. The van der Waals surface area contributed by atoms with Gasteiger partial charge in [0.25, 0.3) is 5.91 Å². The summed E-state index contributed by atoms with van der Waals surface area (Å²) < 4.78 is 0. The van der Waals surface area contributed by atoms with Gasteiger partial charge in [-0.15, -0.1) is 11.3 Å². The molecule has 1 aliphatic carbocycles. The number of thiazole rings is 1. The minimum Gasteiger partial charge on any atom is -0.391 e. The third-order valence-corrected chi connectivity index (χ3v) is 14.4. The van der Waals surface area contributed by atoms with Gasteiger partial charge < -0.3 is 30.4 Å². The monoisotopic (exact) mass is 894 g/mol. The lowest BCUT2D eigenvalue weighted by Crippen LogP contribution is -2.47. The van der Waals surface area contributed by atoms with Crippen LogP contribution in [0.3, 0.4) is 0 Å². The summed E-state index contributed by atoms with van der Waals surface area (Å²) in [6, 6.07) is 24.0. The maximum atomic E-state index is 14.4. The lowest BCUT2D eigenvalue weighted by molar-refractivity contribution is -0.142. The van der Waals surface area contributed by atoms with Gasteiger partial charge in [-0.25, -0.2) is 9.97 Å². The predicted molar refractivity (Wildman–Crippen MR) is 260 cm³/mol. The Morgan fingerprint density at radius 2 is 1.71 bits per heavy atom. The molecular formula is C52H62N8O4S. The number of aromatic nitrogens is 3. The number of hydrogen-bond acceptors (Lipinski definition) is 11. The fraction of sp³-hybridized carbons (Fsp3) is 0.423. The average molecular weight is 895 g/mol. The average Bonchev–Trinajstić information content (AvgIpc) is 4.06. The van der Waals surface area contributed by atoms with Gasteiger partial charge in [0.1, 0.15) is 11.5 Å². The Morgan fingerprint density at radius 3 is 2.40 bits per heavy atom. The first-order chi connectivity index (χ1) is 31.2. The first-order valence-electron chi connectivity index (χ1n) is 23.0. The molecular weight excluding hydrogens is 833 g/mol. The number of Topliss-reactive ketones (excluding diaryl/α,β-unsaturated/α-hetero) is 1. The van der Waals surface area contributed by atoms with Crippen LogP contribution in [0, 0.1) is 18.3 Å². The summed E-state index contributed by atoms with van der Waals surface area (Å²) in [4.78, 5) is 62.3. The number of fused-ring (bicyclic) bond motifs is 2. The summed E-state index contributed by atoms with van der Waals surface area (Å²) in [5, 5.41) is 17.7. The molecule has 13 heteroatoms. The summed E-state index contributed by atoms with van der Waals surface area (Å²) in [7, 11) is 1.78. The molecule has 0 spiro atoms. The van der Waals surface area contributed by atoms with Gasteiger partial charge in [-0.1, -0.05) is 88.7 Å². The largest absolute Gasteiger partial charge is 0.391 e. The zero-order valence-electron chi connectivity index (χ0n) is 38.5. The number of amides is 2. The summed E-state index contributed by atoms with van der Waals surface area (Å²) in [5.74, 6) is 0.477. The molecule has 340 valence electrons. The molecule has 3 aliphatic rings. The standard InChI is InChI=1S/C52H62N8O4S/c1-32(36-21-23-37(24-22-36)47-34(3)54-31-65-47)55-33(2)45-28-41(62)30-59(45)50(64)43(52(4,5)6)27-40(61)16-12-13-35-19-25-38(26-20-35)56-51-53-29-46-48(57-51)60(39-14-8-9-15-39)44-18-11-10-17-42(44)49(63)58(46)7/h10-11,17-26,29,31-32,39,41,43,45,55,62H,2,8-9,12-16,27-28,30H2,1,3-7H3,(H,53,56,57)/t32-,41+,43+,45-/m0/s1. The zero-order valence-corrected chi connectivity index (χ0v) is 39.3. The molecule has 0 bridgehead atoms. The molecule has 0 unspecified atom stereocenters. The van der Waals surface area contributed by atoms with E-state index < -0.39 is 23.5 Å². The second-order valence-electron chi connectivity index (χ2n) is 19.1. The van der Waals surface area contributed by atoms with E-state index in [1.807, 2.05) is 81.7 Å². The van der Waals surface area contributed by atoms with E-state index in [9.17, 15) is 19.5 Å². The molecule has 65 heavy (non-hydrogen) atoms. The highest BCUT2D eigenvalue weighted by molar-refractivity contribution is 7.13. The second-order valence-corrected chi connectivity index (χ2v) is 20.0. The molecule has 1 saturated carbocycles. The highest BCUT2D eigenvalue weighted by Crippen LogP contribution is 2.44. The Bertz CT molecular complexity index is 2530. The van der Waals surface area contributed by atoms with E-state index in [1.54, 1.807) is 34.4 Å². The van der Waals surface area contributed by atoms with Crippen molar-refractivity contribution >= 4 is 57.8 Å². The van der Waals surface area contributed by atoms with Crippen LogP contribution in [0.4, 0.5) is 28.8 Å². The minimum absolute atomic E-state index is 0.0531. The third-order valence-electron chi connectivity index (χ3n) is 13.4. The molecule has 4 atom stereocenters. The van der Waals surface area contributed by atoms with Crippen molar-refractivity contribution in [3.05, 3.63) is 119 Å². The number of hydrogen-bond donors (Lipinski definition) is 3. The molecule has 1 saturated heterocycles. The van der Waals surface area contributed by atoms with Crippen molar-refractivity contribution in [1.82, 2.24) is 25.2 Å². The number of β-amino-alcohol motifs (C(OH)–C–C–N with tert-alkyl or cyclic N) is 1. The predicted octanol–water partition coefficient (Wildman–Crippen LogP) is 10.1. The number of aliphatic hydroxyl groups is 1. The van der Waals surface area contributed by atoms with E-state index in [-0.39, 0.29) is 42.6 Å². The van der Waals surface area contributed by atoms with Gasteiger partial charge in [0, 0.05) is 62.2 Å². The molecule has 12 nitrogen and oxygen atoms in total. The number of rotatable bonds is 15. The Balaban J connectivity index is 0.862. The van der Waals surface area contributed by atoms with E-state index in [0.717, 1.165) is 70.1 Å². The van der Waals surface area contributed by atoms with Gasteiger partial charge in [0.2, 0.25) is 11.9 Å². The van der Waals surface area contributed by atoms with Crippen molar-refractivity contribution in [3.8, 4) is 10.4 Å². The number of nitrogens with one attached hydrogen (secondary N) is 2. The molecule has 2 amide bonds. The molecule has 4 heterocycles. The normalized spacial score (nSPS) is 18.5. The van der Waals surface area contributed by atoms with Crippen molar-refractivity contribution < 1.29 is 19.5 Å². The zero-order chi connectivity index (χ0) is 46.0. The van der Waals surface area contributed by atoms with Gasteiger partial charge in [-0.2, -0.15) is 4.98 Å². The van der Waals surface area contributed by atoms with E-state index in [2.05, 4.69) is 63.3 Å². The van der Waals surface area contributed by atoms with Crippen molar-refractivity contribution in [3.63, 3.8) is 0 Å². The van der Waals surface area contributed by atoms with Crippen LogP contribution in [0.15, 0.2) is 96.8 Å². The number of nitrogens with zero attached hydrogens (tertiary/aromatic N) is 6. The summed E-state index contributed by atoms with van der Waals surface area (Å²) in [6.45, 7) is 14.7. The van der Waals surface area contributed by atoms with Crippen LogP contribution in [-0.4, -0.2) is 74.3 Å². The molecule has 3 aromatic carbocycles. The van der Waals surface area contributed by atoms with E-state index in [4.69, 9.17) is 4.98 Å². The molecule has 0 radical (unpaired) electrons. The first-order valence-corrected chi connectivity index (χ1v) is 23.9. The maximum absolute atomic E-state index is 14.4. The second kappa shape index (κ2) is 19.3. The molecule has 3 N–H and O–H groups in total. The number of carbonyl (C=O) groups is 3. The molecule has 2 aliphatic heterocycles. The van der Waals surface area contributed by atoms with Crippen LogP contribution in [0.25, 0.3) is 10.4 Å². The van der Waals surface area contributed by atoms with Crippen LogP contribution in [0.2, 0.25) is 0 Å². The van der Waals surface area contributed by atoms with Crippen molar-refractivity contribution in [1.29, 1.82) is 0 Å². The van der Waals surface area contributed by atoms with E-state index in [1.165, 1.54) is 0 Å². The minimum atomic E-state index is -0.674. The first kappa shape index (κ1) is 45.6. The Hall–Kier alpha value is -5.92. The maximum Gasteiger partial charge on any atom is 0.260 e. The van der Waals surface area contributed by atoms with Gasteiger partial charge in [0.05, 0.1) is 45.7 Å². The number of likely N-dealkylation sites (tertiary alicyclic amines) is 1. The quantitative estimate of drug-likeness (QED) is 0.0929. The van der Waals surface area contributed by atoms with Gasteiger partial charge >= 0.3 is 0 Å². The van der Waals surface area contributed by atoms with Crippen LogP contribution < -0.4 is 20.4 Å². The van der Waals surface area contributed by atoms with Gasteiger partial charge in [-0.05, 0) is 85.9 Å². The smallest absolute Gasteiger partial charge is 0.260 e. The Morgan fingerprint density at radius 1 is 0.985 bits per heavy atom. The lowest BCUT2D eigenvalue weighted by Gasteiger charge is -2.36. The van der Waals surface area contributed by atoms with Crippen LogP contribution >= 0.6 is 11.3 Å².